The van der Waals surface area contributed by atoms with Crippen molar-refractivity contribution in [3.63, 3.8) is 0 Å². The highest BCUT2D eigenvalue weighted by molar-refractivity contribution is 5.79. The van der Waals surface area contributed by atoms with Gasteiger partial charge in [0.15, 0.2) is 11.6 Å². The van der Waals surface area contributed by atoms with Crippen LogP contribution in [0.25, 0.3) is 0 Å². The molecule has 0 aromatic heterocycles. The number of hydrogen-bond donors (Lipinski definition) is 0. The Morgan fingerprint density at radius 1 is 1.08 bits per heavy atom. The van der Waals surface area contributed by atoms with Gasteiger partial charge in [-0.05, 0) is 49.2 Å². The van der Waals surface area contributed by atoms with E-state index in [9.17, 15) is 13.6 Å². The number of nitrogens with zero attached hydrogens (tertiary/aromatic N) is 2. The standard InChI is InChI=1S/C21H24F2N2O/c1-24(21(26)14-16-9-10-18(22)19(23)13-16)20(15-25-11-5-6-12-25)17-7-3-2-4-8-17/h2-4,7-10,13,20H,5-6,11-12,14-15H2,1H3. The van der Waals surface area contributed by atoms with E-state index < -0.39 is 11.6 Å². The summed E-state index contributed by atoms with van der Waals surface area (Å²) in [5, 5.41) is 0. The molecule has 138 valence electrons. The Hall–Kier alpha value is -2.27. The molecular weight excluding hydrogens is 334 g/mol. The average molecular weight is 358 g/mol. The van der Waals surface area contributed by atoms with Gasteiger partial charge in [-0.3, -0.25) is 4.79 Å². The summed E-state index contributed by atoms with van der Waals surface area (Å²) in [6, 6.07) is 13.5. The van der Waals surface area contributed by atoms with E-state index in [1.54, 1.807) is 11.9 Å². The lowest BCUT2D eigenvalue weighted by atomic mass is 10.0. The molecule has 1 aliphatic heterocycles. The smallest absolute Gasteiger partial charge is 0.227 e. The first-order chi connectivity index (χ1) is 12.5. The van der Waals surface area contributed by atoms with Crippen LogP contribution >= 0.6 is 0 Å². The van der Waals surface area contributed by atoms with Gasteiger partial charge in [-0.1, -0.05) is 36.4 Å². The Labute approximate surface area is 153 Å². The molecule has 1 saturated heterocycles. The SMILES string of the molecule is CN(C(=O)Cc1ccc(F)c(F)c1)C(CN1CCCC1)c1ccccc1. The summed E-state index contributed by atoms with van der Waals surface area (Å²) in [5.74, 6) is -1.93. The maximum absolute atomic E-state index is 13.4. The monoisotopic (exact) mass is 358 g/mol. The Balaban J connectivity index is 1.75. The number of carbonyl (C=O) groups is 1. The number of likely N-dealkylation sites (tertiary alicyclic amines) is 1. The van der Waals surface area contributed by atoms with Crippen molar-refractivity contribution in [1.29, 1.82) is 0 Å². The van der Waals surface area contributed by atoms with Gasteiger partial charge in [0.05, 0.1) is 12.5 Å². The lowest BCUT2D eigenvalue weighted by Crippen LogP contribution is -2.39. The van der Waals surface area contributed by atoms with Crippen LogP contribution in [-0.4, -0.2) is 42.4 Å². The van der Waals surface area contributed by atoms with Crippen LogP contribution in [0, 0.1) is 11.6 Å². The van der Waals surface area contributed by atoms with Crippen molar-refractivity contribution in [2.24, 2.45) is 0 Å². The van der Waals surface area contributed by atoms with Crippen molar-refractivity contribution in [3.8, 4) is 0 Å². The Morgan fingerprint density at radius 3 is 2.42 bits per heavy atom. The summed E-state index contributed by atoms with van der Waals surface area (Å²) >= 11 is 0. The Kier molecular flexibility index (Phi) is 5.99. The number of benzene rings is 2. The number of hydrogen-bond acceptors (Lipinski definition) is 2. The molecule has 1 amide bonds. The van der Waals surface area contributed by atoms with E-state index >= 15 is 0 Å². The van der Waals surface area contributed by atoms with Crippen LogP contribution in [0.3, 0.4) is 0 Å². The van der Waals surface area contributed by atoms with Gasteiger partial charge in [0.25, 0.3) is 0 Å². The second-order valence-corrected chi connectivity index (χ2v) is 6.86. The zero-order valence-electron chi connectivity index (χ0n) is 15.0. The molecule has 1 fully saturated rings. The van der Waals surface area contributed by atoms with Crippen LogP contribution in [-0.2, 0) is 11.2 Å². The van der Waals surface area contributed by atoms with Gasteiger partial charge >= 0.3 is 0 Å². The maximum Gasteiger partial charge on any atom is 0.227 e. The molecule has 0 radical (unpaired) electrons. The molecule has 1 atom stereocenters. The molecular formula is C21H24F2N2O. The minimum atomic E-state index is -0.922. The molecule has 1 heterocycles. The molecule has 0 aliphatic carbocycles. The number of amides is 1. The first kappa shape index (κ1) is 18.5. The predicted octanol–water partition coefficient (Wildman–Crippen LogP) is 3.80. The molecule has 2 aromatic carbocycles. The van der Waals surface area contributed by atoms with Crippen molar-refractivity contribution in [3.05, 3.63) is 71.3 Å². The van der Waals surface area contributed by atoms with Crippen LogP contribution in [0.15, 0.2) is 48.5 Å². The summed E-state index contributed by atoms with van der Waals surface area (Å²) in [5.41, 5.74) is 1.56. The predicted molar refractivity (Wildman–Crippen MR) is 97.7 cm³/mol. The third-order valence-electron chi connectivity index (χ3n) is 5.01. The molecule has 2 aromatic rings. The highest BCUT2D eigenvalue weighted by Gasteiger charge is 2.25. The van der Waals surface area contributed by atoms with Crippen molar-refractivity contribution < 1.29 is 13.6 Å². The van der Waals surface area contributed by atoms with E-state index in [0.717, 1.165) is 37.3 Å². The van der Waals surface area contributed by atoms with Gasteiger partial charge in [-0.25, -0.2) is 8.78 Å². The van der Waals surface area contributed by atoms with Gasteiger partial charge in [-0.15, -0.1) is 0 Å². The summed E-state index contributed by atoms with van der Waals surface area (Å²) in [6.07, 6.45) is 2.43. The zero-order valence-corrected chi connectivity index (χ0v) is 15.0. The van der Waals surface area contributed by atoms with Crippen molar-refractivity contribution in [2.75, 3.05) is 26.7 Å². The van der Waals surface area contributed by atoms with Gasteiger partial charge in [-0.2, -0.15) is 0 Å². The number of likely N-dealkylation sites (N-methyl/N-ethyl adjacent to an activating group) is 1. The fourth-order valence-corrected chi connectivity index (χ4v) is 3.46. The Morgan fingerprint density at radius 2 is 1.77 bits per heavy atom. The Bertz CT molecular complexity index is 745. The van der Waals surface area contributed by atoms with Gasteiger partial charge in [0.2, 0.25) is 5.91 Å². The number of rotatable bonds is 6. The third-order valence-corrected chi connectivity index (χ3v) is 5.01. The van der Waals surface area contributed by atoms with Gasteiger partial charge < -0.3 is 9.80 Å². The van der Waals surface area contributed by atoms with E-state index in [4.69, 9.17) is 0 Å². The highest BCUT2D eigenvalue weighted by Crippen LogP contribution is 2.24. The summed E-state index contributed by atoms with van der Waals surface area (Å²) < 4.78 is 26.5. The van der Waals surface area contributed by atoms with E-state index in [2.05, 4.69) is 4.90 Å². The number of carbonyl (C=O) groups excluding carboxylic acids is 1. The molecule has 5 heteroatoms. The fourth-order valence-electron chi connectivity index (χ4n) is 3.46. The minimum absolute atomic E-state index is 0.0526. The molecule has 1 unspecified atom stereocenters. The van der Waals surface area contributed by atoms with Crippen LogP contribution in [0.5, 0.6) is 0 Å². The molecule has 3 nitrogen and oxygen atoms in total. The second kappa shape index (κ2) is 8.41. The average Bonchev–Trinajstić information content (AvgIpc) is 3.16. The second-order valence-electron chi connectivity index (χ2n) is 6.86. The van der Waals surface area contributed by atoms with E-state index in [-0.39, 0.29) is 18.4 Å². The van der Waals surface area contributed by atoms with Crippen LogP contribution in [0.2, 0.25) is 0 Å². The van der Waals surface area contributed by atoms with E-state index in [1.807, 2.05) is 30.3 Å². The van der Waals surface area contributed by atoms with Gasteiger partial charge in [0, 0.05) is 13.6 Å². The molecule has 26 heavy (non-hydrogen) atoms. The van der Waals surface area contributed by atoms with Crippen LogP contribution < -0.4 is 0 Å². The quantitative estimate of drug-likeness (QED) is 0.784. The molecule has 3 rings (SSSR count). The van der Waals surface area contributed by atoms with Crippen LogP contribution in [0.1, 0.15) is 30.0 Å². The first-order valence-electron chi connectivity index (χ1n) is 9.01. The van der Waals surface area contributed by atoms with Crippen LogP contribution in [0.4, 0.5) is 8.78 Å². The van der Waals surface area contributed by atoms with Gasteiger partial charge in [0.1, 0.15) is 0 Å². The summed E-state index contributed by atoms with van der Waals surface area (Å²) in [7, 11) is 1.79. The fraction of sp³-hybridized carbons (Fsp3) is 0.381. The molecule has 0 saturated carbocycles. The normalized spacial score (nSPS) is 15.8. The molecule has 0 spiro atoms. The minimum Gasteiger partial charge on any atom is -0.337 e. The largest absolute Gasteiger partial charge is 0.337 e. The zero-order chi connectivity index (χ0) is 18.5. The maximum atomic E-state index is 13.4. The molecule has 1 aliphatic rings. The van der Waals surface area contributed by atoms with Crippen molar-refractivity contribution >= 4 is 5.91 Å². The first-order valence-corrected chi connectivity index (χ1v) is 9.01. The lowest BCUT2D eigenvalue weighted by Gasteiger charge is -2.32. The number of halogens is 2. The lowest BCUT2D eigenvalue weighted by molar-refractivity contribution is -0.131. The van der Waals surface area contributed by atoms with Crippen molar-refractivity contribution in [1.82, 2.24) is 9.80 Å². The topological polar surface area (TPSA) is 23.6 Å². The summed E-state index contributed by atoms with van der Waals surface area (Å²) in [4.78, 5) is 16.9. The van der Waals surface area contributed by atoms with E-state index in [0.29, 0.717) is 5.56 Å². The third kappa shape index (κ3) is 4.47. The molecule has 0 bridgehead atoms. The highest BCUT2D eigenvalue weighted by atomic mass is 19.2. The van der Waals surface area contributed by atoms with Crippen molar-refractivity contribution in [2.45, 2.75) is 25.3 Å². The molecule has 0 N–H and O–H groups in total. The van der Waals surface area contributed by atoms with E-state index in [1.165, 1.54) is 18.9 Å². The summed E-state index contributed by atoms with van der Waals surface area (Å²) in [6.45, 7) is 2.88.